The first-order valence-corrected chi connectivity index (χ1v) is 6.23. The van der Waals surface area contributed by atoms with Crippen LogP contribution >= 0.6 is 15.9 Å². The Bertz CT molecular complexity index is 235. The van der Waals surface area contributed by atoms with Crippen LogP contribution in [-0.2, 0) is 6.54 Å². The van der Waals surface area contributed by atoms with E-state index in [0.29, 0.717) is 0 Å². The van der Waals surface area contributed by atoms with Gasteiger partial charge >= 0.3 is 0 Å². The highest BCUT2D eigenvalue weighted by atomic mass is 79.9. The fraction of sp³-hybridized carbons (Fsp3) is 0.500. The first kappa shape index (κ1) is 11.7. The molecule has 0 bridgehead atoms. The van der Waals surface area contributed by atoms with Crippen LogP contribution in [0.2, 0.25) is 0 Å². The zero-order chi connectivity index (χ0) is 10.2. The van der Waals surface area contributed by atoms with Gasteiger partial charge in [0.2, 0.25) is 0 Å². The molecule has 0 amide bonds. The maximum atomic E-state index is 3.45. The van der Waals surface area contributed by atoms with E-state index < -0.39 is 0 Å². The Hall–Kier alpha value is -0.340. The molecule has 2 heteroatoms. The quantitative estimate of drug-likeness (QED) is 0.557. The normalized spacial score (nSPS) is 10.8. The van der Waals surface area contributed by atoms with Crippen molar-refractivity contribution in [2.24, 2.45) is 0 Å². The van der Waals surface area contributed by atoms with Crippen molar-refractivity contribution in [1.82, 2.24) is 4.90 Å². The second-order valence-corrected chi connectivity index (χ2v) is 4.41. The summed E-state index contributed by atoms with van der Waals surface area (Å²) < 4.78 is 0. The number of hydrogen-bond acceptors (Lipinski definition) is 1. The van der Waals surface area contributed by atoms with Crippen LogP contribution < -0.4 is 0 Å². The minimum atomic E-state index is 1.06. The van der Waals surface area contributed by atoms with E-state index in [1.54, 1.807) is 0 Å². The van der Waals surface area contributed by atoms with Gasteiger partial charge in [-0.1, -0.05) is 46.3 Å². The van der Waals surface area contributed by atoms with Gasteiger partial charge in [-0.05, 0) is 32.0 Å². The fourth-order valence-corrected chi connectivity index (χ4v) is 1.85. The third kappa shape index (κ3) is 4.77. The molecule has 1 nitrogen and oxygen atoms in total. The summed E-state index contributed by atoms with van der Waals surface area (Å²) in [4.78, 5) is 2.37. The number of benzene rings is 1. The van der Waals surface area contributed by atoms with Gasteiger partial charge in [-0.3, -0.25) is 0 Å². The van der Waals surface area contributed by atoms with Crippen LogP contribution in [0.5, 0.6) is 0 Å². The molecule has 0 aliphatic carbocycles. The Morgan fingerprint density at radius 3 is 2.50 bits per heavy atom. The van der Waals surface area contributed by atoms with Crippen molar-refractivity contribution in [2.75, 3.05) is 18.9 Å². The molecular weight excluding hydrogens is 238 g/mol. The molecule has 0 spiro atoms. The van der Waals surface area contributed by atoms with E-state index in [0.717, 1.165) is 11.9 Å². The van der Waals surface area contributed by atoms with Gasteiger partial charge in [-0.2, -0.15) is 0 Å². The van der Waals surface area contributed by atoms with E-state index in [1.807, 2.05) is 0 Å². The summed E-state index contributed by atoms with van der Waals surface area (Å²) in [6.07, 6.45) is 2.54. The van der Waals surface area contributed by atoms with E-state index in [4.69, 9.17) is 0 Å². The van der Waals surface area contributed by atoms with Crippen molar-refractivity contribution in [3.8, 4) is 0 Å². The van der Waals surface area contributed by atoms with Gasteiger partial charge in [0.05, 0.1) is 0 Å². The van der Waals surface area contributed by atoms with Crippen LogP contribution in [-0.4, -0.2) is 23.8 Å². The topological polar surface area (TPSA) is 3.24 Å². The molecule has 78 valence electrons. The molecule has 0 aliphatic heterocycles. The zero-order valence-electron chi connectivity index (χ0n) is 8.75. The second-order valence-electron chi connectivity index (χ2n) is 3.62. The Morgan fingerprint density at radius 2 is 1.86 bits per heavy atom. The third-order valence-corrected chi connectivity index (χ3v) is 2.78. The van der Waals surface area contributed by atoms with Gasteiger partial charge in [-0.15, -0.1) is 0 Å². The molecule has 0 unspecified atom stereocenters. The van der Waals surface area contributed by atoms with Crippen LogP contribution in [0, 0.1) is 0 Å². The molecule has 0 saturated carbocycles. The minimum absolute atomic E-state index is 1.06. The maximum absolute atomic E-state index is 3.45. The average Bonchev–Trinajstić information content (AvgIpc) is 2.20. The first-order valence-electron chi connectivity index (χ1n) is 5.11. The predicted octanol–water partition coefficient (Wildman–Crippen LogP) is 3.29. The fourth-order valence-electron chi connectivity index (χ4n) is 1.45. The Balaban J connectivity index is 2.23. The smallest absolute Gasteiger partial charge is 0.0230 e. The number of unbranched alkanes of at least 4 members (excludes halogenated alkanes) is 1. The van der Waals surface area contributed by atoms with Crippen LogP contribution in [0.15, 0.2) is 30.3 Å². The maximum Gasteiger partial charge on any atom is 0.0230 e. The molecule has 0 heterocycles. The van der Waals surface area contributed by atoms with Gasteiger partial charge in [0.25, 0.3) is 0 Å². The summed E-state index contributed by atoms with van der Waals surface area (Å²) in [6, 6.07) is 10.6. The number of halogens is 1. The Morgan fingerprint density at radius 1 is 1.14 bits per heavy atom. The van der Waals surface area contributed by atoms with Gasteiger partial charge in [0.1, 0.15) is 0 Å². The molecule has 0 radical (unpaired) electrons. The van der Waals surface area contributed by atoms with E-state index >= 15 is 0 Å². The molecule has 0 atom stereocenters. The standard InChI is InChI=1S/C12H18BrN/c1-14(10-6-5-9-13)11-12-7-3-2-4-8-12/h2-4,7-8H,5-6,9-11H2,1H3. The van der Waals surface area contributed by atoms with Crippen molar-refractivity contribution < 1.29 is 0 Å². The predicted molar refractivity (Wildman–Crippen MR) is 65.8 cm³/mol. The average molecular weight is 256 g/mol. The lowest BCUT2D eigenvalue weighted by molar-refractivity contribution is 0.321. The Kier molecular flexibility index (Phi) is 5.88. The number of alkyl halides is 1. The summed E-state index contributed by atoms with van der Waals surface area (Å²) in [5.74, 6) is 0. The summed E-state index contributed by atoms with van der Waals surface area (Å²) in [5, 5.41) is 1.12. The summed E-state index contributed by atoms with van der Waals surface area (Å²) in [6.45, 7) is 2.24. The van der Waals surface area contributed by atoms with Gasteiger partial charge in [0.15, 0.2) is 0 Å². The lowest BCUT2D eigenvalue weighted by Gasteiger charge is -2.16. The molecule has 0 aromatic heterocycles. The van der Waals surface area contributed by atoms with Gasteiger partial charge in [0, 0.05) is 11.9 Å². The van der Waals surface area contributed by atoms with Crippen molar-refractivity contribution in [3.63, 3.8) is 0 Å². The van der Waals surface area contributed by atoms with Crippen LogP contribution in [0.1, 0.15) is 18.4 Å². The van der Waals surface area contributed by atoms with E-state index in [-0.39, 0.29) is 0 Å². The third-order valence-electron chi connectivity index (χ3n) is 2.22. The van der Waals surface area contributed by atoms with E-state index in [2.05, 4.69) is 58.2 Å². The van der Waals surface area contributed by atoms with E-state index in [1.165, 1.54) is 24.9 Å². The molecule has 0 fully saturated rings. The van der Waals surface area contributed by atoms with Gasteiger partial charge in [-0.25, -0.2) is 0 Å². The number of nitrogens with zero attached hydrogens (tertiary/aromatic N) is 1. The lowest BCUT2D eigenvalue weighted by atomic mass is 10.2. The summed E-state index contributed by atoms with van der Waals surface area (Å²) in [5.41, 5.74) is 1.40. The monoisotopic (exact) mass is 255 g/mol. The van der Waals surface area contributed by atoms with Crippen molar-refractivity contribution >= 4 is 15.9 Å². The first-order chi connectivity index (χ1) is 6.83. The van der Waals surface area contributed by atoms with Crippen molar-refractivity contribution in [3.05, 3.63) is 35.9 Å². The molecular formula is C12H18BrN. The molecule has 0 aliphatic rings. The van der Waals surface area contributed by atoms with Crippen molar-refractivity contribution in [1.29, 1.82) is 0 Å². The lowest BCUT2D eigenvalue weighted by Crippen LogP contribution is -2.19. The summed E-state index contributed by atoms with van der Waals surface area (Å²) >= 11 is 3.45. The molecule has 1 aromatic rings. The second kappa shape index (κ2) is 7.02. The minimum Gasteiger partial charge on any atom is -0.302 e. The highest BCUT2D eigenvalue weighted by molar-refractivity contribution is 9.09. The molecule has 1 aromatic carbocycles. The number of rotatable bonds is 6. The van der Waals surface area contributed by atoms with Crippen LogP contribution in [0.25, 0.3) is 0 Å². The van der Waals surface area contributed by atoms with Crippen LogP contribution in [0.4, 0.5) is 0 Å². The summed E-state index contributed by atoms with van der Waals surface area (Å²) in [7, 11) is 2.18. The van der Waals surface area contributed by atoms with Crippen molar-refractivity contribution in [2.45, 2.75) is 19.4 Å². The van der Waals surface area contributed by atoms with E-state index in [9.17, 15) is 0 Å². The highest BCUT2D eigenvalue weighted by Gasteiger charge is 1.98. The zero-order valence-corrected chi connectivity index (χ0v) is 10.3. The molecule has 0 N–H and O–H groups in total. The molecule has 0 saturated heterocycles. The number of hydrogen-bond donors (Lipinski definition) is 0. The van der Waals surface area contributed by atoms with Crippen LogP contribution in [0.3, 0.4) is 0 Å². The molecule has 14 heavy (non-hydrogen) atoms. The largest absolute Gasteiger partial charge is 0.302 e. The molecule has 1 rings (SSSR count). The van der Waals surface area contributed by atoms with Gasteiger partial charge < -0.3 is 4.90 Å². The Labute approximate surface area is 95.2 Å². The highest BCUT2D eigenvalue weighted by Crippen LogP contribution is 2.04. The SMILES string of the molecule is CN(CCCCBr)Cc1ccccc1.